The minimum atomic E-state index is -1.09. The molecule has 32 heavy (non-hydrogen) atoms. The Morgan fingerprint density at radius 1 is 1.06 bits per heavy atom. The van der Waals surface area contributed by atoms with Crippen LogP contribution in [-0.2, 0) is 6.54 Å². The van der Waals surface area contributed by atoms with Gasteiger partial charge in [0.05, 0.1) is 17.1 Å². The Morgan fingerprint density at radius 2 is 1.88 bits per heavy atom. The van der Waals surface area contributed by atoms with E-state index in [2.05, 4.69) is 5.10 Å². The Morgan fingerprint density at radius 3 is 2.59 bits per heavy atom. The second kappa shape index (κ2) is 8.58. The van der Waals surface area contributed by atoms with E-state index < -0.39 is 29.6 Å². The highest BCUT2D eigenvalue weighted by atomic mass is 19.1. The van der Waals surface area contributed by atoms with Gasteiger partial charge in [0.25, 0.3) is 5.91 Å². The molecule has 4 aromatic rings. The van der Waals surface area contributed by atoms with Crippen molar-refractivity contribution < 1.29 is 23.5 Å². The number of benzene rings is 2. The number of pyridine rings is 1. The quantitative estimate of drug-likeness (QED) is 0.476. The summed E-state index contributed by atoms with van der Waals surface area (Å²) in [7, 11) is 0. The van der Waals surface area contributed by atoms with Crippen LogP contribution in [-0.4, -0.2) is 31.5 Å². The van der Waals surface area contributed by atoms with E-state index in [1.807, 2.05) is 6.07 Å². The Hall–Kier alpha value is -4.07. The minimum absolute atomic E-state index is 0.00576. The summed E-state index contributed by atoms with van der Waals surface area (Å²) >= 11 is 0. The SMILES string of the molecule is C[C@H](c1ccc(F)cc1F)N(Cc1cccc(C(=O)O)c1)C(=O)c1cc2ccccn2n1. The molecule has 2 aromatic carbocycles. The number of aromatic nitrogens is 2. The number of aromatic carboxylic acids is 1. The molecule has 0 saturated carbocycles. The van der Waals surface area contributed by atoms with Crippen LogP contribution in [0.2, 0.25) is 0 Å². The van der Waals surface area contributed by atoms with E-state index in [4.69, 9.17) is 0 Å². The first-order valence-electron chi connectivity index (χ1n) is 9.86. The number of halogens is 2. The fraction of sp³-hybridized carbons (Fsp3) is 0.125. The van der Waals surface area contributed by atoms with Crippen molar-refractivity contribution in [2.75, 3.05) is 0 Å². The molecule has 4 rings (SSSR count). The van der Waals surface area contributed by atoms with Gasteiger partial charge < -0.3 is 10.0 Å². The highest BCUT2D eigenvalue weighted by Gasteiger charge is 2.27. The summed E-state index contributed by atoms with van der Waals surface area (Å²) < 4.78 is 29.5. The molecule has 2 aromatic heterocycles. The van der Waals surface area contributed by atoms with Crippen LogP contribution in [0.5, 0.6) is 0 Å². The van der Waals surface area contributed by atoms with E-state index >= 15 is 0 Å². The van der Waals surface area contributed by atoms with Gasteiger partial charge in [-0.2, -0.15) is 5.10 Å². The van der Waals surface area contributed by atoms with Gasteiger partial charge in [0.1, 0.15) is 11.6 Å². The second-order valence-corrected chi connectivity index (χ2v) is 7.38. The molecule has 0 aliphatic rings. The number of amides is 1. The van der Waals surface area contributed by atoms with E-state index in [1.54, 1.807) is 48.0 Å². The van der Waals surface area contributed by atoms with E-state index in [-0.39, 0.29) is 23.4 Å². The smallest absolute Gasteiger partial charge is 0.335 e. The number of carboxylic acid groups (broad SMARTS) is 1. The monoisotopic (exact) mass is 435 g/mol. The summed E-state index contributed by atoms with van der Waals surface area (Å²) in [6.07, 6.45) is 1.70. The zero-order valence-electron chi connectivity index (χ0n) is 17.1. The van der Waals surface area contributed by atoms with E-state index in [0.717, 1.165) is 12.1 Å². The maximum Gasteiger partial charge on any atom is 0.335 e. The van der Waals surface area contributed by atoms with Gasteiger partial charge in [0.15, 0.2) is 5.69 Å². The van der Waals surface area contributed by atoms with E-state index in [1.165, 1.54) is 23.1 Å². The van der Waals surface area contributed by atoms with Crippen LogP contribution in [0, 0.1) is 11.6 Å². The summed E-state index contributed by atoms with van der Waals surface area (Å²) in [6, 6.07) is 15.6. The first-order chi connectivity index (χ1) is 15.3. The van der Waals surface area contributed by atoms with Crippen LogP contribution < -0.4 is 0 Å². The van der Waals surface area contributed by atoms with Crippen molar-refractivity contribution >= 4 is 17.4 Å². The molecule has 162 valence electrons. The third-order valence-corrected chi connectivity index (χ3v) is 5.26. The maximum absolute atomic E-state index is 14.5. The number of nitrogens with zero attached hydrogens (tertiary/aromatic N) is 3. The molecule has 0 saturated heterocycles. The Kier molecular flexibility index (Phi) is 5.68. The number of fused-ring (bicyclic) bond motifs is 1. The summed E-state index contributed by atoms with van der Waals surface area (Å²) in [6.45, 7) is 1.64. The van der Waals surface area contributed by atoms with Crippen molar-refractivity contribution in [2.24, 2.45) is 0 Å². The van der Waals surface area contributed by atoms with Crippen LogP contribution in [0.3, 0.4) is 0 Å². The molecule has 0 spiro atoms. The first kappa shape index (κ1) is 21.2. The van der Waals surface area contributed by atoms with Crippen molar-refractivity contribution in [1.82, 2.24) is 14.5 Å². The van der Waals surface area contributed by atoms with Crippen molar-refractivity contribution in [3.8, 4) is 0 Å². The van der Waals surface area contributed by atoms with Crippen LogP contribution in [0.15, 0.2) is 72.9 Å². The summed E-state index contributed by atoms with van der Waals surface area (Å²) in [4.78, 5) is 26.2. The van der Waals surface area contributed by atoms with Gasteiger partial charge in [-0.15, -0.1) is 0 Å². The molecule has 2 heterocycles. The third kappa shape index (κ3) is 4.20. The lowest BCUT2D eigenvalue weighted by atomic mass is 10.0. The lowest BCUT2D eigenvalue weighted by Gasteiger charge is -2.29. The van der Waals surface area contributed by atoms with Gasteiger partial charge in [-0.05, 0) is 48.9 Å². The molecule has 0 bridgehead atoms. The predicted molar refractivity (Wildman–Crippen MR) is 113 cm³/mol. The number of carboxylic acids is 1. The first-order valence-corrected chi connectivity index (χ1v) is 9.86. The standard InChI is InChI=1S/C24H19F2N3O3/c1-15(20-9-8-18(25)12-21(20)26)28(14-16-5-4-6-17(11-16)24(31)32)23(30)22-13-19-7-2-3-10-29(19)27-22/h2-13,15H,14H2,1H3,(H,31,32)/t15-/m1/s1. The van der Waals surface area contributed by atoms with Gasteiger partial charge in [0.2, 0.25) is 0 Å². The van der Waals surface area contributed by atoms with Crippen LogP contribution in [0.1, 0.15) is 44.9 Å². The molecule has 1 N–H and O–H groups in total. The molecule has 1 atom stereocenters. The molecule has 0 unspecified atom stereocenters. The van der Waals surface area contributed by atoms with Crippen molar-refractivity contribution in [1.29, 1.82) is 0 Å². The molecule has 1 amide bonds. The second-order valence-electron chi connectivity index (χ2n) is 7.38. The summed E-state index contributed by atoms with van der Waals surface area (Å²) in [5, 5.41) is 13.6. The molecule has 0 fully saturated rings. The molecular weight excluding hydrogens is 416 g/mol. The van der Waals surface area contributed by atoms with E-state index in [0.29, 0.717) is 11.1 Å². The van der Waals surface area contributed by atoms with Crippen LogP contribution in [0.4, 0.5) is 8.78 Å². The number of hydrogen-bond acceptors (Lipinski definition) is 3. The average Bonchev–Trinajstić information content (AvgIpc) is 3.21. The lowest BCUT2D eigenvalue weighted by molar-refractivity contribution is 0.0664. The molecule has 6 nitrogen and oxygen atoms in total. The number of hydrogen-bond donors (Lipinski definition) is 1. The average molecular weight is 435 g/mol. The zero-order chi connectivity index (χ0) is 22.8. The zero-order valence-corrected chi connectivity index (χ0v) is 17.1. The predicted octanol–water partition coefficient (Wildman–Crippen LogP) is 4.71. The Balaban J connectivity index is 1.75. The van der Waals surface area contributed by atoms with Gasteiger partial charge in [-0.3, -0.25) is 4.79 Å². The topological polar surface area (TPSA) is 74.9 Å². The van der Waals surface area contributed by atoms with Gasteiger partial charge in [-0.1, -0.05) is 24.3 Å². The minimum Gasteiger partial charge on any atom is -0.478 e. The van der Waals surface area contributed by atoms with Crippen molar-refractivity contribution in [2.45, 2.75) is 19.5 Å². The van der Waals surface area contributed by atoms with Crippen molar-refractivity contribution in [3.05, 3.63) is 107 Å². The van der Waals surface area contributed by atoms with Gasteiger partial charge >= 0.3 is 5.97 Å². The number of rotatable bonds is 6. The largest absolute Gasteiger partial charge is 0.478 e. The normalized spacial score (nSPS) is 12.0. The summed E-state index contributed by atoms with van der Waals surface area (Å²) in [5.41, 5.74) is 1.63. The Labute approximate surface area is 182 Å². The van der Waals surface area contributed by atoms with Crippen molar-refractivity contribution in [3.63, 3.8) is 0 Å². The summed E-state index contributed by atoms with van der Waals surface area (Å²) in [5.74, 6) is -3.05. The molecule has 8 heteroatoms. The fourth-order valence-electron chi connectivity index (χ4n) is 3.58. The highest BCUT2D eigenvalue weighted by molar-refractivity contribution is 5.94. The van der Waals surface area contributed by atoms with Gasteiger partial charge in [0, 0.05) is 24.4 Å². The molecule has 0 radical (unpaired) electrons. The molecule has 0 aliphatic heterocycles. The van der Waals surface area contributed by atoms with Gasteiger partial charge in [-0.25, -0.2) is 18.1 Å². The highest BCUT2D eigenvalue weighted by Crippen LogP contribution is 2.27. The van der Waals surface area contributed by atoms with E-state index in [9.17, 15) is 23.5 Å². The third-order valence-electron chi connectivity index (χ3n) is 5.26. The molecule has 0 aliphatic carbocycles. The number of carbonyl (C=O) groups excluding carboxylic acids is 1. The molecular formula is C24H19F2N3O3. The Bertz CT molecular complexity index is 1290. The number of carbonyl (C=O) groups is 2. The fourth-order valence-corrected chi connectivity index (χ4v) is 3.58. The van der Waals surface area contributed by atoms with Crippen LogP contribution >= 0.6 is 0 Å². The maximum atomic E-state index is 14.5. The van der Waals surface area contributed by atoms with Crippen LogP contribution in [0.25, 0.3) is 5.52 Å². The lowest BCUT2D eigenvalue weighted by Crippen LogP contribution is -2.34.